The average Bonchev–Trinajstić information content (AvgIpc) is 3.17. The fourth-order valence-corrected chi connectivity index (χ4v) is 2.60. The Kier molecular flexibility index (Phi) is 5.26. The van der Waals surface area contributed by atoms with Gasteiger partial charge in [0.1, 0.15) is 6.33 Å². The molecule has 0 radical (unpaired) electrons. The van der Waals surface area contributed by atoms with Gasteiger partial charge in [0, 0.05) is 5.69 Å². The summed E-state index contributed by atoms with van der Waals surface area (Å²) >= 11 is 0. The molecule has 2 aromatic carbocycles. The fourth-order valence-electron chi connectivity index (χ4n) is 2.60. The molecule has 3 aromatic rings. The van der Waals surface area contributed by atoms with E-state index < -0.39 is 0 Å². The van der Waals surface area contributed by atoms with E-state index in [-0.39, 0.29) is 18.5 Å². The molecule has 2 N–H and O–H groups in total. The van der Waals surface area contributed by atoms with Crippen molar-refractivity contribution in [1.29, 1.82) is 0 Å². The van der Waals surface area contributed by atoms with Gasteiger partial charge in [0.05, 0.1) is 18.3 Å². The maximum absolute atomic E-state index is 12.2. The Morgan fingerprint density at radius 1 is 1.12 bits per heavy atom. The lowest BCUT2D eigenvalue weighted by molar-refractivity contribution is -0.120. The Labute approximate surface area is 152 Å². The standard InChI is InChI=1S/C19H22N6O/c1-13-4-5-16(10-14(13)2)15(3)22-19(26)11-20-17-6-8-18(9-7-17)25-12-21-23-24-25/h4-10,12,15,20H,11H2,1-3H3,(H,22,26)/t15-/m0/s1. The lowest BCUT2D eigenvalue weighted by Crippen LogP contribution is -2.32. The number of carbonyl (C=O) groups excluding carboxylic acids is 1. The number of hydrogen-bond acceptors (Lipinski definition) is 5. The van der Waals surface area contributed by atoms with Gasteiger partial charge in [-0.1, -0.05) is 18.2 Å². The molecule has 1 heterocycles. The topological polar surface area (TPSA) is 84.7 Å². The Bertz CT molecular complexity index is 874. The highest BCUT2D eigenvalue weighted by Gasteiger charge is 2.10. The molecule has 1 atom stereocenters. The summed E-state index contributed by atoms with van der Waals surface area (Å²) in [6.07, 6.45) is 1.53. The molecule has 0 saturated heterocycles. The van der Waals surface area contributed by atoms with Gasteiger partial charge in [-0.15, -0.1) is 5.10 Å². The Balaban J connectivity index is 1.52. The number of aryl methyl sites for hydroxylation is 2. The molecule has 134 valence electrons. The number of aromatic nitrogens is 4. The Hall–Kier alpha value is -3.22. The second-order valence-corrected chi connectivity index (χ2v) is 6.29. The molecule has 3 rings (SSSR count). The van der Waals surface area contributed by atoms with Gasteiger partial charge in [0.2, 0.25) is 5.91 Å². The van der Waals surface area contributed by atoms with Crippen molar-refractivity contribution in [2.24, 2.45) is 0 Å². The van der Waals surface area contributed by atoms with Crippen LogP contribution in [0.25, 0.3) is 5.69 Å². The zero-order chi connectivity index (χ0) is 18.5. The minimum atomic E-state index is -0.0553. The minimum absolute atomic E-state index is 0.0363. The highest BCUT2D eigenvalue weighted by Crippen LogP contribution is 2.17. The van der Waals surface area contributed by atoms with Crippen molar-refractivity contribution in [2.45, 2.75) is 26.8 Å². The van der Waals surface area contributed by atoms with Crippen LogP contribution in [0.5, 0.6) is 0 Å². The molecule has 26 heavy (non-hydrogen) atoms. The Morgan fingerprint density at radius 3 is 2.54 bits per heavy atom. The average molecular weight is 350 g/mol. The van der Waals surface area contributed by atoms with E-state index in [1.54, 1.807) is 4.68 Å². The summed E-state index contributed by atoms with van der Waals surface area (Å²) < 4.78 is 1.57. The van der Waals surface area contributed by atoms with Gasteiger partial charge >= 0.3 is 0 Å². The number of carbonyl (C=O) groups is 1. The van der Waals surface area contributed by atoms with E-state index in [2.05, 4.69) is 58.2 Å². The van der Waals surface area contributed by atoms with E-state index in [9.17, 15) is 4.79 Å². The monoisotopic (exact) mass is 350 g/mol. The summed E-state index contributed by atoms with van der Waals surface area (Å²) in [5.74, 6) is -0.0553. The molecule has 1 amide bonds. The molecular weight excluding hydrogens is 328 g/mol. The number of tetrazole rings is 1. The maximum atomic E-state index is 12.2. The van der Waals surface area contributed by atoms with E-state index in [0.29, 0.717) is 0 Å². The van der Waals surface area contributed by atoms with Crippen LogP contribution in [0.3, 0.4) is 0 Å². The van der Waals surface area contributed by atoms with Gasteiger partial charge in [0.25, 0.3) is 0 Å². The Morgan fingerprint density at radius 2 is 1.88 bits per heavy atom. The summed E-state index contributed by atoms with van der Waals surface area (Å²) in [7, 11) is 0. The third kappa shape index (κ3) is 4.24. The number of anilines is 1. The van der Waals surface area contributed by atoms with Crippen LogP contribution in [0.1, 0.15) is 29.7 Å². The van der Waals surface area contributed by atoms with Crippen LogP contribution in [-0.4, -0.2) is 32.7 Å². The molecule has 7 heteroatoms. The van der Waals surface area contributed by atoms with E-state index in [4.69, 9.17) is 0 Å². The van der Waals surface area contributed by atoms with Gasteiger partial charge < -0.3 is 10.6 Å². The number of benzene rings is 2. The number of amides is 1. The smallest absolute Gasteiger partial charge is 0.239 e. The van der Waals surface area contributed by atoms with Gasteiger partial charge in [0.15, 0.2) is 0 Å². The summed E-state index contributed by atoms with van der Waals surface area (Å²) in [5, 5.41) is 17.2. The van der Waals surface area contributed by atoms with Crippen molar-refractivity contribution < 1.29 is 4.79 Å². The molecular formula is C19H22N6O. The van der Waals surface area contributed by atoms with Crippen LogP contribution in [0.2, 0.25) is 0 Å². The van der Waals surface area contributed by atoms with Gasteiger partial charge in [-0.3, -0.25) is 4.79 Å². The summed E-state index contributed by atoms with van der Waals surface area (Å²) in [5.41, 5.74) is 5.29. The van der Waals surface area contributed by atoms with Crippen LogP contribution in [0, 0.1) is 13.8 Å². The van der Waals surface area contributed by atoms with Crippen LogP contribution in [-0.2, 0) is 4.79 Å². The number of nitrogens with one attached hydrogen (secondary N) is 2. The summed E-state index contributed by atoms with van der Waals surface area (Å²) in [6, 6.07) is 13.8. The van der Waals surface area contributed by atoms with Gasteiger partial charge in [-0.25, -0.2) is 4.68 Å². The van der Waals surface area contributed by atoms with Crippen molar-refractivity contribution >= 4 is 11.6 Å². The van der Waals surface area contributed by atoms with Crippen LogP contribution in [0.15, 0.2) is 48.8 Å². The van der Waals surface area contributed by atoms with Gasteiger partial charge in [-0.2, -0.15) is 0 Å². The molecule has 0 aliphatic carbocycles. The molecule has 1 aromatic heterocycles. The van der Waals surface area contributed by atoms with E-state index >= 15 is 0 Å². The summed E-state index contributed by atoms with van der Waals surface area (Å²) in [6.45, 7) is 6.35. The van der Waals surface area contributed by atoms with Crippen molar-refractivity contribution in [3.63, 3.8) is 0 Å². The van der Waals surface area contributed by atoms with Crippen LogP contribution in [0.4, 0.5) is 5.69 Å². The molecule has 0 fully saturated rings. The van der Waals surface area contributed by atoms with Crippen LogP contribution >= 0.6 is 0 Å². The van der Waals surface area contributed by atoms with Crippen molar-refractivity contribution in [3.05, 3.63) is 65.5 Å². The molecule has 0 aliphatic rings. The van der Waals surface area contributed by atoms with Crippen LogP contribution < -0.4 is 10.6 Å². The molecule has 0 saturated carbocycles. The lowest BCUT2D eigenvalue weighted by Gasteiger charge is -2.16. The van der Waals surface area contributed by atoms with E-state index in [0.717, 1.165) is 16.9 Å². The number of nitrogens with zero attached hydrogens (tertiary/aromatic N) is 4. The largest absolute Gasteiger partial charge is 0.376 e. The van der Waals surface area contributed by atoms with E-state index in [1.807, 2.05) is 31.2 Å². The second-order valence-electron chi connectivity index (χ2n) is 6.29. The van der Waals surface area contributed by atoms with Gasteiger partial charge in [-0.05, 0) is 72.2 Å². The quantitative estimate of drug-likeness (QED) is 0.714. The lowest BCUT2D eigenvalue weighted by atomic mass is 10.0. The highest BCUT2D eigenvalue weighted by molar-refractivity contribution is 5.81. The molecule has 0 bridgehead atoms. The highest BCUT2D eigenvalue weighted by atomic mass is 16.1. The fraction of sp³-hybridized carbons (Fsp3) is 0.263. The first-order valence-corrected chi connectivity index (χ1v) is 8.47. The molecule has 0 spiro atoms. The first kappa shape index (κ1) is 17.6. The second kappa shape index (κ2) is 7.77. The molecule has 0 unspecified atom stereocenters. The number of hydrogen-bond donors (Lipinski definition) is 2. The van der Waals surface area contributed by atoms with Crippen molar-refractivity contribution in [1.82, 2.24) is 25.5 Å². The third-order valence-corrected chi connectivity index (χ3v) is 4.34. The van der Waals surface area contributed by atoms with E-state index in [1.165, 1.54) is 17.5 Å². The zero-order valence-electron chi connectivity index (χ0n) is 15.1. The minimum Gasteiger partial charge on any atom is -0.376 e. The predicted octanol–water partition coefficient (Wildman–Crippen LogP) is 2.57. The SMILES string of the molecule is Cc1ccc([C@H](C)NC(=O)CNc2ccc(-n3cnnn3)cc2)cc1C. The van der Waals surface area contributed by atoms with Crippen molar-refractivity contribution in [3.8, 4) is 5.69 Å². The predicted molar refractivity (Wildman–Crippen MR) is 100 cm³/mol. The zero-order valence-corrected chi connectivity index (χ0v) is 15.1. The molecule has 0 aliphatic heterocycles. The first-order valence-electron chi connectivity index (χ1n) is 8.47. The van der Waals surface area contributed by atoms with Crippen molar-refractivity contribution in [2.75, 3.05) is 11.9 Å². The number of rotatable bonds is 6. The normalized spacial score (nSPS) is 11.8. The first-order chi connectivity index (χ1) is 12.5. The molecule has 7 nitrogen and oxygen atoms in total. The maximum Gasteiger partial charge on any atom is 0.239 e. The summed E-state index contributed by atoms with van der Waals surface area (Å²) in [4.78, 5) is 12.2. The third-order valence-electron chi connectivity index (χ3n) is 4.34.